The molecule has 0 aliphatic carbocycles. The van der Waals surface area contributed by atoms with Crippen LogP contribution in [0.3, 0.4) is 0 Å². The minimum atomic E-state index is 0.449. The Morgan fingerprint density at radius 2 is 2.11 bits per heavy atom. The SMILES string of the molecule is CCCNC(C)c1ccn(CCN2CCOCC2)c1. The van der Waals surface area contributed by atoms with Crippen LogP contribution in [-0.2, 0) is 11.3 Å². The molecule has 0 aromatic carbocycles. The molecule has 2 heterocycles. The summed E-state index contributed by atoms with van der Waals surface area (Å²) in [7, 11) is 0. The van der Waals surface area contributed by atoms with Gasteiger partial charge in [0, 0.05) is 44.6 Å². The molecule has 1 atom stereocenters. The van der Waals surface area contributed by atoms with Crippen molar-refractivity contribution in [3.63, 3.8) is 0 Å². The number of hydrogen-bond donors (Lipinski definition) is 1. The van der Waals surface area contributed by atoms with Gasteiger partial charge in [0.1, 0.15) is 0 Å². The van der Waals surface area contributed by atoms with Crippen LogP contribution < -0.4 is 5.32 Å². The largest absolute Gasteiger partial charge is 0.379 e. The second-order valence-corrected chi connectivity index (χ2v) is 5.31. The highest BCUT2D eigenvalue weighted by Gasteiger charge is 2.10. The van der Waals surface area contributed by atoms with Crippen LogP contribution in [0.2, 0.25) is 0 Å². The predicted molar refractivity (Wildman–Crippen MR) is 78.4 cm³/mol. The van der Waals surface area contributed by atoms with Crippen LogP contribution in [-0.4, -0.2) is 48.9 Å². The Morgan fingerprint density at radius 3 is 2.84 bits per heavy atom. The molecular weight excluding hydrogens is 238 g/mol. The molecule has 1 fully saturated rings. The zero-order valence-electron chi connectivity index (χ0n) is 12.3. The Balaban J connectivity index is 1.76. The van der Waals surface area contributed by atoms with Gasteiger partial charge in [-0.3, -0.25) is 4.90 Å². The summed E-state index contributed by atoms with van der Waals surface area (Å²) >= 11 is 0. The molecular formula is C15H27N3O. The summed E-state index contributed by atoms with van der Waals surface area (Å²) in [4.78, 5) is 2.47. The second kappa shape index (κ2) is 7.68. The van der Waals surface area contributed by atoms with Crippen LogP contribution in [0.25, 0.3) is 0 Å². The van der Waals surface area contributed by atoms with E-state index >= 15 is 0 Å². The highest BCUT2D eigenvalue weighted by Crippen LogP contribution is 2.12. The van der Waals surface area contributed by atoms with E-state index in [1.165, 1.54) is 12.0 Å². The van der Waals surface area contributed by atoms with Gasteiger partial charge in [-0.25, -0.2) is 0 Å². The van der Waals surface area contributed by atoms with Gasteiger partial charge in [0.15, 0.2) is 0 Å². The maximum atomic E-state index is 5.37. The van der Waals surface area contributed by atoms with Crippen molar-refractivity contribution < 1.29 is 4.74 Å². The van der Waals surface area contributed by atoms with E-state index in [0.717, 1.165) is 45.9 Å². The third kappa shape index (κ3) is 4.64. The molecule has 0 bridgehead atoms. The molecule has 1 aromatic rings. The van der Waals surface area contributed by atoms with Crippen LogP contribution in [0.5, 0.6) is 0 Å². The first-order valence-corrected chi connectivity index (χ1v) is 7.48. The molecule has 1 saturated heterocycles. The van der Waals surface area contributed by atoms with E-state index in [9.17, 15) is 0 Å². The summed E-state index contributed by atoms with van der Waals surface area (Å²) in [6.45, 7) is 11.6. The van der Waals surface area contributed by atoms with Crippen molar-refractivity contribution in [1.82, 2.24) is 14.8 Å². The molecule has 0 saturated carbocycles. The van der Waals surface area contributed by atoms with E-state index in [2.05, 4.69) is 47.1 Å². The first kappa shape index (κ1) is 14.6. The molecule has 1 unspecified atom stereocenters. The van der Waals surface area contributed by atoms with Gasteiger partial charge in [-0.15, -0.1) is 0 Å². The van der Waals surface area contributed by atoms with E-state index in [1.54, 1.807) is 0 Å². The lowest BCUT2D eigenvalue weighted by atomic mass is 10.2. The average Bonchev–Trinajstić information content (AvgIpc) is 2.92. The van der Waals surface area contributed by atoms with Gasteiger partial charge in [-0.05, 0) is 31.5 Å². The summed E-state index contributed by atoms with van der Waals surface area (Å²) in [6.07, 6.45) is 5.65. The Kier molecular flexibility index (Phi) is 5.89. The number of aromatic nitrogens is 1. The fraction of sp³-hybridized carbons (Fsp3) is 0.733. The number of nitrogens with zero attached hydrogens (tertiary/aromatic N) is 2. The summed E-state index contributed by atoms with van der Waals surface area (Å²) in [5.41, 5.74) is 1.38. The van der Waals surface area contributed by atoms with E-state index in [0.29, 0.717) is 6.04 Å². The summed E-state index contributed by atoms with van der Waals surface area (Å²) in [5.74, 6) is 0. The first-order valence-electron chi connectivity index (χ1n) is 7.48. The van der Waals surface area contributed by atoms with Gasteiger partial charge < -0.3 is 14.6 Å². The van der Waals surface area contributed by atoms with E-state index in [4.69, 9.17) is 4.74 Å². The van der Waals surface area contributed by atoms with Crippen molar-refractivity contribution in [1.29, 1.82) is 0 Å². The molecule has 1 aliphatic heterocycles. The molecule has 1 N–H and O–H groups in total. The highest BCUT2D eigenvalue weighted by atomic mass is 16.5. The van der Waals surface area contributed by atoms with E-state index < -0.39 is 0 Å². The molecule has 1 aromatic heterocycles. The Labute approximate surface area is 116 Å². The Morgan fingerprint density at radius 1 is 1.32 bits per heavy atom. The van der Waals surface area contributed by atoms with Crippen LogP contribution >= 0.6 is 0 Å². The third-order valence-corrected chi connectivity index (χ3v) is 3.75. The van der Waals surface area contributed by atoms with Gasteiger partial charge in [-0.2, -0.15) is 0 Å². The third-order valence-electron chi connectivity index (χ3n) is 3.75. The molecule has 108 valence electrons. The van der Waals surface area contributed by atoms with Crippen LogP contribution in [0.4, 0.5) is 0 Å². The number of rotatable bonds is 7. The highest BCUT2D eigenvalue weighted by molar-refractivity contribution is 5.14. The quantitative estimate of drug-likeness (QED) is 0.816. The summed E-state index contributed by atoms with van der Waals surface area (Å²) in [6, 6.07) is 2.68. The molecule has 4 nitrogen and oxygen atoms in total. The van der Waals surface area contributed by atoms with Crippen molar-refractivity contribution in [3.8, 4) is 0 Å². The van der Waals surface area contributed by atoms with Gasteiger partial charge in [0.2, 0.25) is 0 Å². The Hall–Kier alpha value is -0.840. The van der Waals surface area contributed by atoms with Gasteiger partial charge >= 0.3 is 0 Å². The predicted octanol–water partition coefficient (Wildman–Crippen LogP) is 1.88. The molecule has 0 radical (unpaired) electrons. The molecule has 2 rings (SSSR count). The fourth-order valence-electron chi connectivity index (χ4n) is 2.41. The minimum Gasteiger partial charge on any atom is -0.379 e. The van der Waals surface area contributed by atoms with Crippen molar-refractivity contribution in [2.45, 2.75) is 32.9 Å². The van der Waals surface area contributed by atoms with Gasteiger partial charge in [-0.1, -0.05) is 6.92 Å². The second-order valence-electron chi connectivity index (χ2n) is 5.31. The molecule has 4 heteroatoms. The van der Waals surface area contributed by atoms with Crippen molar-refractivity contribution in [2.24, 2.45) is 0 Å². The lowest BCUT2D eigenvalue weighted by molar-refractivity contribution is 0.0364. The number of hydrogen-bond acceptors (Lipinski definition) is 3. The lowest BCUT2D eigenvalue weighted by Crippen LogP contribution is -2.38. The molecule has 0 amide bonds. The summed E-state index contributed by atoms with van der Waals surface area (Å²) < 4.78 is 7.67. The Bertz CT molecular complexity index is 358. The van der Waals surface area contributed by atoms with E-state index in [-0.39, 0.29) is 0 Å². The normalized spacial score (nSPS) is 18.6. The average molecular weight is 265 g/mol. The number of ether oxygens (including phenoxy) is 1. The van der Waals surface area contributed by atoms with E-state index in [1.807, 2.05) is 0 Å². The maximum Gasteiger partial charge on any atom is 0.0594 e. The number of morpholine rings is 1. The van der Waals surface area contributed by atoms with Crippen LogP contribution in [0.15, 0.2) is 18.5 Å². The standard InChI is InChI=1S/C15H27N3O/c1-3-5-16-14(2)15-4-6-18(13-15)8-7-17-9-11-19-12-10-17/h4,6,13-14,16H,3,5,7-12H2,1-2H3. The maximum absolute atomic E-state index is 5.37. The number of nitrogens with one attached hydrogen (secondary N) is 1. The van der Waals surface area contributed by atoms with Gasteiger partial charge in [0.05, 0.1) is 13.2 Å². The summed E-state index contributed by atoms with van der Waals surface area (Å²) in [5, 5.41) is 3.53. The van der Waals surface area contributed by atoms with Gasteiger partial charge in [0.25, 0.3) is 0 Å². The fourth-order valence-corrected chi connectivity index (χ4v) is 2.41. The molecule has 19 heavy (non-hydrogen) atoms. The smallest absolute Gasteiger partial charge is 0.0594 e. The minimum absolute atomic E-state index is 0.449. The lowest BCUT2D eigenvalue weighted by Gasteiger charge is -2.26. The van der Waals surface area contributed by atoms with Crippen LogP contribution in [0, 0.1) is 0 Å². The van der Waals surface area contributed by atoms with Crippen LogP contribution in [0.1, 0.15) is 31.9 Å². The van der Waals surface area contributed by atoms with Crippen molar-refractivity contribution in [3.05, 3.63) is 24.0 Å². The molecule has 0 spiro atoms. The van der Waals surface area contributed by atoms with Crippen molar-refractivity contribution in [2.75, 3.05) is 39.4 Å². The zero-order chi connectivity index (χ0) is 13.5. The first-order chi connectivity index (χ1) is 9.29. The molecule has 1 aliphatic rings. The zero-order valence-corrected chi connectivity index (χ0v) is 12.3. The van der Waals surface area contributed by atoms with Crippen molar-refractivity contribution >= 4 is 0 Å². The monoisotopic (exact) mass is 265 g/mol. The topological polar surface area (TPSA) is 29.4 Å².